The van der Waals surface area contributed by atoms with Gasteiger partial charge in [-0.2, -0.15) is 13.2 Å². The van der Waals surface area contributed by atoms with Gasteiger partial charge in [0.05, 0.1) is 0 Å². The van der Waals surface area contributed by atoms with E-state index in [0.717, 1.165) is 7.05 Å². The van der Waals surface area contributed by atoms with E-state index in [9.17, 15) is 22.8 Å². The Kier molecular flexibility index (Phi) is 3.91. The second-order valence-corrected chi connectivity index (χ2v) is 4.69. The zero-order chi connectivity index (χ0) is 15.8. The highest BCUT2D eigenvalue weighted by molar-refractivity contribution is 6.30. The number of alkyl halides is 3. The Morgan fingerprint density at radius 2 is 1.86 bits per heavy atom. The van der Waals surface area contributed by atoms with Crippen LogP contribution in [0.4, 0.5) is 13.2 Å². The van der Waals surface area contributed by atoms with Crippen LogP contribution in [0.1, 0.15) is 16.2 Å². The molecule has 112 valence electrons. The smallest absolute Gasteiger partial charge is 0.292 e. The van der Waals surface area contributed by atoms with Crippen molar-refractivity contribution < 1.29 is 18.0 Å². The van der Waals surface area contributed by atoms with Crippen molar-refractivity contribution in [2.45, 2.75) is 12.7 Å². The molecule has 0 unspecified atom stereocenters. The predicted octanol–water partition coefficient (Wildman–Crippen LogP) is 2.14. The third-order valence-corrected chi connectivity index (χ3v) is 3.01. The van der Waals surface area contributed by atoms with E-state index in [4.69, 9.17) is 11.6 Å². The second kappa shape index (κ2) is 5.36. The Morgan fingerprint density at radius 3 is 2.33 bits per heavy atom. The van der Waals surface area contributed by atoms with Crippen LogP contribution in [0, 0.1) is 0 Å². The van der Waals surface area contributed by atoms with Crippen LogP contribution < -0.4 is 5.69 Å². The Hall–Kier alpha value is -2.09. The van der Waals surface area contributed by atoms with Gasteiger partial charge in [-0.05, 0) is 24.3 Å². The highest BCUT2D eigenvalue weighted by Crippen LogP contribution is 2.26. The molecule has 0 saturated carbocycles. The van der Waals surface area contributed by atoms with Gasteiger partial charge in [0.15, 0.2) is 5.78 Å². The van der Waals surface area contributed by atoms with Gasteiger partial charge in [-0.3, -0.25) is 9.36 Å². The molecule has 0 fully saturated rings. The Labute approximate surface area is 121 Å². The van der Waals surface area contributed by atoms with Crippen LogP contribution in [-0.2, 0) is 19.8 Å². The lowest BCUT2D eigenvalue weighted by molar-refractivity contribution is -0.147. The summed E-state index contributed by atoms with van der Waals surface area (Å²) in [7, 11) is 0.946. The fraction of sp³-hybridized carbons (Fsp3) is 0.250. The summed E-state index contributed by atoms with van der Waals surface area (Å²) in [5.74, 6) is -1.89. The van der Waals surface area contributed by atoms with Gasteiger partial charge in [0.25, 0.3) is 0 Å². The number of benzene rings is 1. The molecule has 1 aromatic heterocycles. The first-order chi connectivity index (χ1) is 9.70. The average molecular weight is 320 g/mol. The Bertz CT molecular complexity index is 732. The van der Waals surface area contributed by atoms with E-state index in [1.807, 2.05) is 0 Å². The fourth-order valence-electron chi connectivity index (χ4n) is 1.70. The SMILES string of the molecule is Cn1c(C(F)(F)F)nn(CC(=O)c2ccc(Cl)cc2)c1=O. The van der Waals surface area contributed by atoms with Crippen LogP contribution in [0.25, 0.3) is 0 Å². The summed E-state index contributed by atoms with van der Waals surface area (Å²) in [6, 6.07) is 5.78. The Morgan fingerprint density at radius 1 is 1.29 bits per heavy atom. The van der Waals surface area contributed by atoms with Crippen LogP contribution in [0.15, 0.2) is 29.1 Å². The first kappa shape index (κ1) is 15.3. The summed E-state index contributed by atoms with van der Waals surface area (Å²) in [6.45, 7) is -0.579. The zero-order valence-electron chi connectivity index (χ0n) is 10.7. The van der Waals surface area contributed by atoms with Crippen LogP contribution in [0.3, 0.4) is 0 Å². The molecule has 0 N–H and O–H groups in total. The summed E-state index contributed by atoms with van der Waals surface area (Å²) in [5, 5.41) is 3.58. The first-order valence-electron chi connectivity index (χ1n) is 5.70. The van der Waals surface area contributed by atoms with Crippen LogP contribution >= 0.6 is 11.6 Å². The molecule has 2 aromatic rings. The maximum Gasteiger partial charge on any atom is 0.451 e. The molecule has 9 heteroatoms. The predicted molar refractivity (Wildman–Crippen MR) is 68.3 cm³/mol. The molecule has 0 amide bonds. The monoisotopic (exact) mass is 319 g/mol. The van der Waals surface area contributed by atoms with Gasteiger partial charge in [0, 0.05) is 17.6 Å². The van der Waals surface area contributed by atoms with Crippen molar-refractivity contribution in [3.05, 3.63) is 51.2 Å². The number of halogens is 4. The number of hydrogen-bond donors (Lipinski definition) is 0. The fourth-order valence-corrected chi connectivity index (χ4v) is 1.83. The number of carbonyl (C=O) groups excluding carboxylic acids is 1. The van der Waals surface area contributed by atoms with E-state index in [2.05, 4.69) is 5.10 Å². The summed E-state index contributed by atoms with van der Waals surface area (Å²) in [4.78, 5) is 23.6. The highest BCUT2D eigenvalue weighted by Gasteiger charge is 2.38. The standard InChI is InChI=1S/C12H9ClF3N3O2/c1-18-10(12(14,15)16)17-19(11(18)21)6-9(20)7-2-4-8(13)5-3-7/h2-5H,6H2,1H3. The normalized spacial score (nSPS) is 11.7. The van der Waals surface area contributed by atoms with E-state index in [1.165, 1.54) is 24.3 Å². The lowest BCUT2D eigenvalue weighted by atomic mass is 10.1. The zero-order valence-corrected chi connectivity index (χ0v) is 11.4. The molecule has 0 saturated heterocycles. The maximum absolute atomic E-state index is 12.6. The van der Waals surface area contributed by atoms with Gasteiger partial charge < -0.3 is 0 Å². The minimum Gasteiger partial charge on any atom is -0.292 e. The van der Waals surface area contributed by atoms with Crippen LogP contribution in [-0.4, -0.2) is 20.1 Å². The molecule has 0 spiro atoms. The first-order valence-corrected chi connectivity index (χ1v) is 6.07. The van der Waals surface area contributed by atoms with E-state index in [1.54, 1.807) is 0 Å². The minimum absolute atomic E-state index is 0.227. The molecule has 0 radical (unpaired) electrons. The van der Waals surface area contributed by atoms with Gasteiger partial charge in [-0.1, -0.05) is 11.6 Å². The molecule has 5 nitrogen and oxygen atoms in total. The van der Waals surface area contributed by atoms with Crippen molar-refractivity contribution in [3.8, 4) is 0 Å². The average Bonchev–Trinajstić information content (AvgIpc) is 2.67. The minimum atomic E-state index is -4.76. The molecule has 0 aliphatic rings. The lowest BCUT2D eigenvalue weighted by Crippen LogP contribution is -2.27. The van der Waals surface area contributed by atoms with Crippen molar-refractivity contribution in [2.75, 3.05) is 0 Å². The van der Waals surface area contributed by atoms with E-state index >= 15 is 0 Å². The Balaban J connectivity index is 2.30. The van der Waals surface area contributed by atoms with Crippen molar-refractivity contribution >= 4 is 17.4 Å². The highest BCUT2D eigenvalue weighted by atomic mass is 35.5. The molecule has 0 atom stereocenters. The quantitative estimate of drug-likeness (QED) is 0.814. The van der Waals surface area contributed by atoms with E-state index < -0.39 is 30.0 Å². The summed E-state index contributed by atoms with van der Waals surface area (Å²) < 4.78 is 38.7. The second-order valence-electron chi connectivity index (χ2n) is 4.25. The number of carbonyl (C=O) groups is 1. The van der Waals surface area contributed by atoms with Crippen molar-refractivity contribution in [1.29, 1.82) is 0 Å². The van der Waals surface area contributed by atoms with Crippen molar-refractivity contribution in [3.63, 3.8) is 0 Å². The molecule has 1 heterocycles. The molecule has 0 bridgehead atoms. The van der Waals surface area contributed by atoms with E-state index in [0.29, 0.717) is 14.3 Å². The number of aromatic nitrogens is 3. The molecule has 2 rings (SSSR count). The molecule has 1 aromatic carbocycles. The maximum atomic E-state index is 12.6. The number of hydrogen-bond acceptors (Lipinski definition) is 3. The number of ketones is 1. The van der Waals surface area contributed by atoms with E-state index in [-0.39, 0.29) is 5.56 Å². The topological polar surface area (TPSA) is 56.9 Å². The summed E-state index contributed by atoms with van der Waals surface area (Å²) >= 11 is 5.67. The summed E-state index contributed by atoms with van der Waals surface area (Å²) in [6.07, 6.45) is -4.76. The van der Waals surface area contributed by atoms with Crippen molar-refractivity contribution in [2.24, 2.45) is 7.05 Å². The number of rotatable bonds is 3. The largest absolute Gasteiger partial charge is 0.451 e. The molecule has 21 heavy (non-hydrogen) atoms. The molecule has 0 aliphatic heterocycles. The lowest BCUT2D eigenvalue weighted by Gasteiger charge is -2.02. The third-order valence-electron chi connectivity index (χ3n) is 2.75. The van der Waals surface area contributed by atoms with Crippen LogP contribution in [0.2, 0.25) is 5.02 Å². The number of nitrogens with zero attached hydrogens (tertiary/aromatic N) is 3. The number of Topliss-reactive ketones (excluding diaryl/α,β-unsaturated/α-hetero) is 1. The molecule has 0 aliphatic carbocycles. The van der Waals surface area contributed by atoms with Gasteiger partial charge in [-0.25, -0.2) is 9.48 Å². The van der Waals surface area contributed by atoms with Gasteiger partial charge in [-0.15, -0.1) is 5.10 Å². The molecular formula is C12H9ClF3N3O2. The third kappa shape index (κ3) is 3.15. The van der Waals surface area contributed by atoms with Gasteiger partial charge in [0.1, 0.15) is 6.54 Å². The van der Waals surface area contributed by atoms with Crippen molar-refractivity contribution in [1.82, 2.24) is 14.3 Å². The summed E-state index contributed by atoms with van der Waals surface area (Å²) in [5.41, 5.74) is -0.782. The van der Waals surface area contributed by atoms with Gasteiger partial charge >= 0.3 is 11.9 Å². The molecular weight excluding hydrogens is 311 g/mol. The van der Waals surface area contributed by atoms with Gasteiger partial charge in [0.2, 0.25) is 5.82 Å². The van der Waals surface area contributed by atoms with Crippen LogP contribution in [0.5, 0.6) is 0 Å².